The van der Waals surface area contributed by atoms with Crippen molar-refractivity contribution < 1.29 is 9.90 Å². The summed E-state index contributed by atoms with van der Waals surface area (Å²) < 4.78 is 0. The minimum Gasteiger partial charge on any atom is -0.507 e. The van der Waals surface area contributed by atoms with Crippen LogP contribution in [0.5, 0.6) is 5.75 Å². The number of amides is 2. The summed E-state index contributed by atoms with van der Waals surface area (Å²) in [4.78, 5) is 22.5. The number of aromatic hydroxyl groups is 1. The number of rotatable bonds is 4. The fraction of sp³-hybridized carbons (Fsp3) is 0.308. The first-order valence-corrected chi connectivity index (χ1v) is 11.9. The zero-order valence-corrected chi connectivity index (χ0v) is 19.7. The van der Waals surface area contributed by atoms with Gasteiger partial charge in [-0.2, -0.15) is 0 Å². The molecule has 2 aromatic carbocycles. The topological polar surface area (TPSA) is 71.9 Å². The van der Waals surface area contributed by atoms with Gasteiger partial charge in [0.05, 0.1) is 22.6 Å². The van der Waals surface area contributed by atoms with Crippen molar-refractivity contribution in [2.24, 2.45) is 5.41 Å². The van der Waals surface area contributed by atoms with E-state index in [0.29, 0.717) is 34.8 Å². The maximum Gasteiger partial charge on any atom is 0.324 e. The molecule has 0 bridgehead atoms. The van der Waals surface area contributed by atoms with Crippen LogP contribution in [-0.4, -0.2) is 67.3 Å². The highest BCUT2D eigenvalue weighted by atomic mass is 35.5. The Morgan fingerprint density at radius 2 is 1.79 bits per heavy atom. The van der Waals surface area contributed by atoms with Crippen LogP contribution >= 0.6 is 11.6 Å². The van der Waals surface area contributed by atoms with E-state index in [1.54, 1.807) is 23.0 Å². The molecule has 3 aliphatic heterocycles. The predicted octanol–water partition coefficient (Wildman–Crippen LogP) is 4.06. The number of halogens is 1. The van der Waals surface area contributed by atoms with E-state index in [2.05, 4.69) is 21.3 Å². The average Bonchev–Trinajstić information content (AvgIpc) is 3.10. The molecule has 6 rings (SSSR count). The Hall–Kier alpha value is -3.29. The van der Waals surface area contributed by atoms with Gasteiger partial charge in [0.2, 0.25) is 0 Å². The smallest absolute Gasteiger partial charge is 0.324 e. The Bertz CT molecular complexity index is 1280. The van der Waals surface area contributed by atoms with Crippen LogP contribution in [0.4, 0.5) is 16.2 Å². The molecule has 4 heterocycles. The van der Waals surface area contributed by atoms with Crippen molar-refractivity contribution >= 4 is 29.0 Å². The Balaban J connectivity index is 1.29. The Labute approximate surface area is 203 Å². The van der Waals surface area contributed by atoms with Gasteiger partial charge < -0.3 is 20.2 Å². The van der Waals surface area contributed by atoms with Crippen molar-refractivity contribution in [3.05, 3.63) is 59.9 Å². The fourth-order valence-electron chi connectivity index (χ4n) is 5.17. The van der Waals surface area contributed by atoms with E-state index in [-0.39, 0.29) is 11.8 Å². The van der Waals surface area contributed by atoms with Crippen LogP contribution in [0.25, 0.3) is 22.3 Å². The standard InChI is InChI=1S/C26H26ClN5O2/c1-30-7-8-32(25(30)34)23-6-5-17(10-22(23)27)20-3-2-4-21(24(20)33)18-9-19(12-28-11-18)31-15-26(16-31)13-29-14-26/h2-6,9-12,29,33H,7-8,13-16H2,1H3. The van der Waals surface area contributed by atoms with Crippen molar-refractivity contribution in [3.8, 4) is 28.0 Å². The van der Waals surface area contributed by atoms with E-state index in [1.165, 1.54) is 0 Å². The molecule has 2 amide bonds. The average molecular weight is 476 g/mol. The third-order valence-electron chi connectivity index (χ3n) is 7.25. The van der Waals surface area contributed by atoms with Gasteiger partial charge in [-0.05, 0) is 23.8 Å². The highest BCUT2D eigenvalue weighted by molar-refractivity contribution is 6.34. The van der Waals surface area contributed by atoms with Gasteiger partial charge in [-0.1, -0.05) is 35.9 Å². The fourth-order valence-corrected chi connectivity index (χ4v) is 5.45. The van der Waals surface area contributed by atoms with Gasteiger partial charge in [0.1, 0.15) is 5.75 Å². The van der Waals surface area contributed by atoms with E-state index in [9.17, 15) is 9.90 Å². The summed E-state index contributed by atoms with van der Waals surface area (Å²) in [5, 5.41) is 15.1. The summed E-state index contributed by atoms with van der Waals surface area (Å²) in [5.41, 5.74) is 5.26. The van der Waals surface area contributed by atoms with Crippen LogP contribution in [0, 0.1) is 5.41 Å². The van der Waals surface area contributed by atoms with Gasteiger partial charge >= 0.3 is 6.03 Å². The summed E-state index contributed by atoms with van der Waals surface area (Å²) in [5.74, 6) is 0.186. The Kier molecular flexibility index (Phi) is 4.93. The highest BCUT2D eigenvalue weighted by Crippen LogP contribution is 2.42. The summed E-state index contributed by atoms with van der Waals surface area (Å²) in [6.07, 6.45) is 3.67. The van der Waals surface area contributed by atoms with Crippen LogP contribution in [0.1, 0.15) is 0 Å². The molecule has 8 heteroatoms. The number of urea groups is 1. The van der Waals surface area contributed by atoms with Crippen molar-refractivity contribution in [1.82, 2.24) is 15.2 Å². The maximum absolute atomic E-state index is 12.4. The molecule has 3 aliphatic rings. The Morgan fingerprint density at radius 3 is 2.44 bits per heavy atom. The van der Waals surface area contributed by atoms with E-state index in [0.717, 1.165) is 48.6 Å². The summed E-state index contributed by atoms with van der Waals surface area (Å²) >= 11 is 6.59. The number of phenols is 1. The predicted molar refractivity (Wildman–Crippen MR) is 135 cm³/mol. The molecule has 0 unspecified atom stereocenters. The van der Waals surface area contributed by atoms with Crippen molar-refractivity contribution in [3.63, 3.8) is 0 Å². The van der Waals surface area contributed by atoms with E-state index in [4.69, 9.17) is 11.6 Å². The number of pyridine rings is 1. The first kappa shape index (κ1) is 21.3. The summed E-state index contributed by atoms with van der Waals surface area (Å²) in [6.45, 7) is 5.52. The number of hydrogen-bond acceptors (Lipinski definition) is 5. The molecule has 1 aromatic heterocycles. The molecule has 3 aromatic rings. The number of anilines is 2. The third-order valence-corrected chi connectivity index (χ3v) is 7.56. The van der Waals surface area contributed by atoms with Crippen molar-refractivity contribution in [1.29, 1.82) is 0 Å². The second kappa shape index (κ2) is 7.89. The molecule has 174 valence electrons. The van der Waals surface area contributed by atoms with E-state index < -0.39 is 0 Å². The second-order valence-corrected chi connectivity index (χ2v) is 10.0. The lowest BCUT2D eigenvalue weighted by Crippen LogP contribution is -2.71. The number of likely N-dealkylation sites (N-methyl/N-ethyl adjacent to an activating group) is 1. The van der Waals surface area contributed by atoms with Crippen LogP contribution in [0.15, 0.2) is 54.9 Å². The zero-order chi connectivity index (χ0) is 23.4. The maximum atomic E-state index is 12.4. The first-order chi connectivity index (χ1) is 16.4. The molecular formula is C26H26ClN5O2. The lowest BCUT2D eigenvalue weighted by molar-refractivity contribution is 0.121. The van der Waals surface area contributed by atoms with Gasteiger partial charge in [0, 0.05) is 74.6 Å². The second-order valence-electron chi connectivity index (χ2n) is 9.62. The van der Waals surface area contributed by atoms with Crippen molar-refractivity contribution in [2.75, 3.05) is 56.1 Å². The van der Waals surface area contributed by atoms with Crippen molar-refractivity contribution in [2.45, 2.75) is 0 Å². The molecular weight excluding hydrogens is 450 g/mol. The summed E-state index contributed by atoms with van der Waals surface area (Å²) in [6, 6.07) is 13.3. The minimum absolute atomic E-state index is 0.0615. The number of hydrogen-bond donors (Lipinski definition) is 2. The molecule has 0 radical (unpaired) electrons. The Morgan fingerprint density at radius 1 is 1.03 bits per heavy atom. The number of nitrogens with one attached hydrogen (secondary N) is 1. The lowest BCUT2D eigenvalue weighted by atomic mass is 9.74. The molecule has 0 aliphatic carbocycles. The SMILES string of the molecule is CN1CCN(c2ccc(-c3cccc(-c4cncc(N5CC6(CNC6)C5)c4)c3O)cc2Cl)C1=O. The van der Waals surface area contributed by atoms with Gasteiger partial charge in [-0.25, -0.2) is 4.79 Å². The zero-order valence-electron chi connectivity index (χ0n) is 19.0. The number of para-hydroxylation sites is 1. The van der Waals surface area contributed by atoms with Gasteiger partial charge in [0.15, 0.2) is 0 Å². The van der Waals surface area contributed by atoms with Crippen LogP contribution in [-0.2, 0) is 0 Å². The highest BCUT2D eigenvalue weighted by Gasteiger charge is 2.47. The van der Waals surface area contributed by atoms with Gasteiger partial charge in [0.25, 0.3) is 0 Å². The third kappa shape index (κ3) is 3.38. The number of nitrogens with zero attached hydrogens (tertiary/aromatic N) is 4. The number of aromatic nitrogens is 1. The van der Waals surface area contributed by atoms with Crippen LogP contribution in [0.3, 0.4) is 0 Å². The molecule has 3 saturated heterocycles. The molecule has 1 spiro atoms. The number of phenolic OH excluding ortho intramolecular Hbond substituents is 1. The molecule has 34 heavy (non-hydrogen) atoms. The first-order valence-electron chi connectivity index (χ1n) is 11.5. The number of carbonyl (C=O) groups is 1. The lowest BCUT2D eigenvalue weighted by Gasteiger charge is -2.57. The normalized spacial score (nSPS) is 18.9. The summed E-state index contributed by atoms with van der Waals surface area (Å²) in [7, 11) is 1.78. The molecule has 2 N–H and O–H groups in total. The largest absolute Gasteiger partial charge is 0.507 e. The molecule has 0 atom stereocenters. The molecule has 7 nitrogen and oxygen atoms in total. The quantitative estimate of drug-likeness (QED) is 0.595. The van der Waals surface area contributed by atoms with Gasteiger partial charge in [-0.3, -0.25) is 9.88 Å². The monoisotopic (exact) mass is 475 g/mol. The van der Waals surface area contributed by atoms with E-state index >= 15 is 0 Å². The minimum atomic E-state index is -0.0615. The molecule has 3 fully saturated rings. The number of benzene rings is 2. The molecule has 0 saturated carbocycles. The number of carbonyl (C=O) groups excluding carboxylic acids is 1. The van der Waals surface area contributed by atoms with E-state index in [1.807, 2.05) is 42.6 Å². The van der Waals surface area contributed by atoms with Crippen LogP contribution < -0.4 is 15.1 Å². The van der Waals surface area contributed by atoms with Gasteiger partial charge in [-0.15, -0.1) is 0 Å². The van der Waals surface area contributed by atoms with Crippen LogP contribution in [0.2, 0.25) is 5.02 Å².